The molecule has 2 N–H and O–H groups in total. The van der Waals surface area contributed by atoms with Crippen molar-refractivity contribution < 1.29 is 22.4 Å². The van der Waals surface area contributed by atoms with E-state index in [0.717, 1.165) is 25.7 Å². The molecule has 0 saturated heterocycles. The van der Waals surface area contributed by atoms with Crippen LogP contribution in [0.2, 0.25) is 0 Å². The molecule has 21 heavy (non-hydrogen) atoms. The number of halogens is 3. The lowest BCUT2D eigenvalue weighted by Crippen LogP contribution is -2.23. The van der Waals surface area contributed by atoms with Gasteiger partial charge >= 0.3 is 6.18 Å². The van der Waals surface area contributed by atoms with Crippen LogP contribution in [-0.4, -0.2) is 29.5 Å². The molecule has 1 fully saturated rings. The van der Waals surface area contributed by atoms with Gasteiger partial charge in [0.15, 0.2) is 5.82 Å². The Morgan fingerprint density at radius 2 is 2.00 bits per heavy atom. The van der Waals surface area contributed by atoms with E-state index < -0.39 is 12.8 Å². The predicted octanol–water partition coefficient (Wildman–Crippen LogP) is 2.77. The van der Waals surface area contributed by atoms with E-state index in [4.69, 9.17) is 10.3 Å². The summed E-state index contributed by atoms with van der Waals surface area (Å²) < 4.78 is 45.3. The third-order valence-electron chi connectivity index (χ3n) is 3.66. The zero-order valence-corrected chi connectivity index (χ0v) is 11.7. The molecule has 1 atom stereocenters. The van der Waals surface area contributed by atoms with E-state index in [1.54, 1.807) is 0 Å². The Morgan fingerprint density at radius 3 is 2.67 bits per heavy atom. The summed E-state index contributed by atoms with van der Waals surface area (Å²) in [5, 5.41) is 3.74. The first kappa shape index (κ1) is 16.2. The minimum Gasteiger partial charge on any atom is -0.372 e. The van der Waals surface area contributed by atoms with Crippen LogP contribution in [0, 0.1) is 5.92 Å². The number of rotatable bonds is 6. The van der Waals surface area contributed by atoms with Crippen LogP contribution >= 0.6 is 0 Å². The van der Waals surface area contributed by atoms with E-state index in [2.05, 4.69) is 14.9 Å². The molecule has 1 heterocycles. The van der Waals surface area contributed by atoms with Gasteiger partial charge in [-0.3, -0.25) is 0 Å². The van der Waals surface area contributed by atoms with Crippen molar-refractivity contribution in [1.29, 1.82) is 0 Å². The lowest BCUT2D eigenvalue weighted by atomic mass is 9.84. The first-order valence-electron chi connectivity index (χ1n) is 7.18. The van der Waals surface area contributed by atoms with E-state index in [0.29, 0.717) is 17.6 Å². The van der Waals surface area contributed by atoms with Gasteiger partial charge in [0, 0.05) is 6.42 Å². The highest BCUT2D eigenvalue weighted by molar-refractivity contribution is 4.95. The highest BCUT2D eigenvalue weighted by Crippen LogP contribution is 2.32. The summed E-state index contributed by atoms with van der Waals surface area (Å²) in [6.45, 7) is -1.36. The summed E-state index contributed by atoms with van der Waals surface area (Å²) in [6.07, 6.45) is 1.51. The van der Waals surface area contributed by atoms with Crippen molar-refractivity contribution in [2.24, 2.45) is 11.7 Å². The Bertz CT molecular complexity index is 431. The van der Waals surface area contributed by atoms with Crippen molar-refractivity contribution in [3.63, 3.8) is 0 Å². The van der Waals surface area contributed by atoms with Gasteiger partial charge in [0.1, 0.15) is 6.61 Å². The minimum atomic E-state index is -4.31. The zero-order valence-electron chi connectivity index (χ0n) is 11.7. The van der Waals surface area contributed by atoms with Gasteiger partial charge in [-0.15, -0.1) is 0 Å². The second-order valence-electron chi connectivity index (χ2n) is 5.39. The van der Waals surface area contributed by atoms with Crippen LogP contribution in [0.5, 0.6) is 0 Å². The zero-order chi connectivity index (χ0) is 15.3. The second-order valence-corrected chi connectivity index (χ2v) is 5.39. The number of ether oxygens (including phenoxy) is 1. The van der Waals surface area contributed by atoms with Crippen LogP contribution < -0.4 is 5.73 Å². The molecule has 0 bridgehead atoms. The number of nitrogens with two attached hydrogens (primary N) is 1. The fourth-order valence-electron chi connectivity index (χ4n) is 2.55. The molecule has 5 nitrogen and oxygen atoms in total. The van der Waals surface area contributed by atoms with Crippen LogP contribution in [0.1, 0.15) is 49.9 Å². The molecule has 0 radical (unpaired) electrons. The van der Waals surface area contributed by atoms with Crippen LogP contribution in [-0.2, 0) is 11.2 Å². The lowest BCUT2D eigenvalue weighted by Gasteiger charge is -2.24. The SMILES string of the molecule is NC(c1nc(CCOCC(F)(F)F)no1)C1CCCCC1. The van der Waals surface area contributed by atoms with Crippen LogP contribution in [0.15, 0.2) is 4.52 Å². The van der Waals surface area contributed by atoms with Crippen LogP contribution in [0.25, 0.3) is 0 Å². The maximum Gasteiger partial charge on any atom is 0.411 e. The highest BCUT2D eigenvalue weighted by Gasteiger charge is 2.28. The van der Waals surface area contributed by atoms with Crippen molar-refractivity contribution in [3.8, 4) is 0 Å². The van der Waals surface area contributed by atoms with Crippen molar-refractivity contribution >= 4 is 0 Å². The van der Waals surface area contributed by atoms with Gasteiger partial charge in [0.25, 0.3) is 0 Å². The van der Waals surface area contributed by atoms with E-state index in [1.807, 2.05) is 0 Å². The number of nitrogens with zero attached hydrogens (tertiary/aromatic N) is 2. The average Bonchev–Trinajstić information content (AvgIpc) is 2.91. The van der Waals surface area contributed by atoms with E-state index in [1.165, 1.54) is 6.42 Å². The average molecular weight is 307 g/mol. The fraction of sp³-hybridized carbons (Fsp3) is 0.846. The predicted molar refractivity (Wildman–Crippen MR) is 68.4 cm³/mol. The van der Waals surface area contributed by atoms with Crippen molar-refractivity contribution in [1.82, 2.24) is 10.1 Å². The summed E-state index contributed by atoms with van der Waals surface area (Å²) >= 11 is 0. The van der Waals surface area contributed by atoms with Gasteiger partial charge in [0.2, 0.25) is 5.89 Å². The molecule has 0 amide bonds. The maximum atomic E-state index is 11.9. The molecule has 120 valence electrons. The minimum absolute atomic E-state index is 0.100. The summed E-state index contributed by atoms with van der Waals surface area (Å²) in [5.41, 5.74) is 6.12. The second kappa shape index (κ2) is 7.22. The molecule has 2 rings (SSSR count). The molecular formula is C13H20F3N3O2. The standard InChI is InChI=1S/C13H20F3N3O2/c14-13(15,16)8-20-7-6-10-18-12(21-19-10)11(17)9-4-2-1-3-5-9/h9,11H,1-8,17H2. The Morgan fingerprint density at radius 1 is 1.29 bits per heavy atom. The maximum absolute atomic E-state index is 11.9. The molecular weight excluding hydrogens is 287 g/mol. The van der Waals surface area contributed by atoms with Crippen LogP contribution in [0.3, 0.4) is 0 Å². The van der Waals surface area contributed by atoms with Gasteiger partial charge in [-0.05, 0) is 18.8 Å². The molecule has 8 heteroatoms. The quantitative estimate of drug-likeness (QED) is 0.818. The topological polar surface area (TPSA) is 74.2 Å². The summed E-state index contributed by atoms with van der Waals surface area (Å²) in [7, 11) is 0. The van der Waals surface area contributed by atoms with E-state index >= 15 is 0 Å². The van der Waals surface area contributed by atoms with E-state index in [-0.39, 0.29) is 19.1 Å². The number of alkyl halides is 3. The molecule has 1 saturated carbocycles. The highest BCUT2D eigenvalue weighted by atomic mass is 19.4. The fourth-order valence-corrected chi connectivity index (χ4v) is 2.55. The van der Waals surface area contributed by atoms with Crippen molar-refractivity contribution in [3.05, 3.63) is 11.7 Å². The summed E-state index contributed by atoms with van der Waals surface area (Å²) in [6, 6.07) is -0.289. The van der Waals surface area contributed by atoms with Gasteiger partial charge in [-0.2, -0.15) is 18.2 Å². The smallest absolute Gasteiger partial charge is 0.372 e. The monoisotopic (exact) mass is 307 g/mol. The van der Waals surface area contributed by atoms with Crippen molar-refractivity contribution in [2.75, 3.05) is 13.2 Å². The molecule has 1 aliphatic carbocycles. The van der Waals surface area contributed by atoms with Gasteiger partial charge in [-0.1, -0.05) is 24.4 Å². The summed E-state index contributed by atoms with van der Waals surface area (Å²) in [5.74, 6) is 1.04. The third-order valence-corrected chi connectivity index (χ3v) is 3.66. The first-order valence-corrected chi connectivity index (χ1v) is 7.18. The summed E-state index contributed by atoms with van der Waals surface area (Å²) in [4.78, 5) is 4.16. The number of aromatic nitrogens is 2. The van der Waals surface area contributed by atoms with Gasteiger partial charge < -0.3 is 15.0 Å². The lowest BCUT2D eigenvalue weighted by molar-refractivity contribution is -0.173. The molecule has 0 spiro atoms. The number of hydrogen-bond acceptors (Lipinski definition) is 5. The Balaban J connectivity index is 1.78. The molecule has 0 aromatic carbocycles. The number of hydrogen-bond donors (Lipinski definition) is 1. The Kier molecular flexibility index (Phi) is 5.58. The Hall–Kier alpha value is -1.15. The van der Waals surface area contributed by atoms with Gasteiger partial charge in [0.05, 0.1) is 12.6 Å². The largest absolute Gasteiger partial charge is 0.411 e. The molecule has 1 unspecified atom stereocenters. The first-order chi connectivity index (χ1) is 9.96. The molecule has 1 aromatic heterocycles. The van der Waals surface area contributed by atoms with Gasteiger partial charge in [-0.25, -0.2) is 0 Å². The third kappa shape index (κ3) is 5.28. The van der Waals surface area contributed by atoms with Crippen LogP contribution in [0.4, 0.5) is 13.2 Å². The molecule has 1 aromatic rings. The Labute approximate surface area is 121 Å². The van der Waals surface area contributed by atoms with Crippen molar-refractivity contribution in [2.45, 2.75) is 50.7 Å². The normalized spacial score (nSPS) is 18.9. The molecule has 0 aliphatic heterocycles. The van der Waals surface area contributed by atoms with E-state index in [9.17, 15) is 13.2 Å². The molecule has 1 aliphatic rings.